The second-order valence-corrected chi connectivity index (χ2v) is 8.06. The van der Waals surface area contributed by atoms with Crippen molar-refractivity contribution in [2.75, 3.05) is 18.1 Å². The van der Waals surface area contributed by atoms with Gasteiger partial charge in [0.2, 0.25) is 17.6 Å². The molecule has 0 aliphatic carbocycles. The summed E-state index contributed by atoms with van der Waals surface area (Å²) in [6, 6.07) is 25.2. The van der Waals surface area contributed by atoms with Crippen molar-refractivity contribution in [2.45, 2.75) is 25.9 Å². The molecule has 7 nitrogen and oxygen atoms in total. The van der Waals surface area contributed by atoms with Gasteiger partial charge in [0.1, 0.15) is 18.1 Å². The van der Waals surface area contributed by atoms with E-state index in [1.807, 2.05) is 85.8 Å². The van der Waals surface area contributed by atoms with Gasteiger partial charge in [0.05, 0.1) is 18.2 Å². The quantitative estimate of drug-likeness (QED) is 0.362. The second-order valence-electron chi connectivity index (χ2n) is 8.06. The Morgan fingerprint density at radius 3 is 2.53 bits per heavy atom. The molecule has 0 spiro atoms. The second kappa shape index (κ2) is 9.79. The first-order chi connectivity index (χ1) is 16.7. The third-order valence-corrected chi connectivity index (χ3v) is 5.73. The maximum absolute atomic E-state index is 12.8. The number of hydrogen-bond donors (Lipinski definition) is 0. The Hall–Kier alpha value is -4.13. The molecule has 1 aliphatic rings. The topological polar surface area (TPSA) is 77.7 Å². The first-order valence-electron chi connectivity index (χ1n) is 11.3. The predicted molar refractivity (Wildman–Crippen MR) is 128 cm³/mol. The number of nitrogens with zero attached hydrogens (tertiary/aromatic N) is 3. The molecule has 1 fully saturated rings. The Kier molecular flexibility index (Phi) is 6.25. The zero-order valence-corrected chi connectivity index (χ0v) is 18.9. The molecular weight excluding hydrogens is 430 g/mol. The van der Waals surface area contributed by atoms with Crippen molar-refractivity contribution in [1.82, 2.24) is 10.1 Å². The number of rotatable bonds is 8. The van der Waals surface area contributed by atoms with Crippen LogP contribution >= 0.6 is 0 Å². The number of carbonyl (C=O) groups excluding carboxylic acids is 1. The number of benzene rings is 3. The zero-order chi connectivity index (χ0) is 23.3. The molecule has 1 unspecified atom stereocenters. The monoisotopic (exact) mass is 455 g/mol. The summed E-state index contributed by atoms with van der Waals surface area (Å²) in [4.78, 5) is 19.1. The van der Waals surface area contributed by atoms with Gasteiger partial charge < -0.3 is 18.9 Å². The lowest BCUT2D eigenvalue weighted by atomic mass is 10.1. The highest BCUT2D eigenvalue weighted by atomic mass is 16.5. The number of aromatic nitrogens is 2. The lowest BCUT2D eigenvalue weighted by Crippen LogP contribution is -2.25. The Balaban J connectivity index is 1.26. The van der Waals surface area contributed by atoms with Crippen molar-refractivity contribution in [2.24, 2.45) is 0 Å². The number of carbonyl (C=O) groups is 1. The molecule has 1 aromatic heterocycles. The Morgan fingerprint density at radius 1 is 0.971 bits per heavy atom. The van der Waals surface area contributed by atoms with Crippen LogP contribution in [0.3, 0.4) is 0 Å². The van der Waals surface area contributed by atoms with Crippen LogP contribution in [0, 0.1) is 0 Å². The van der Waals surface area contributed by atoms with Gasteiger partial charge in [-0.3, -0.25) is 4.79 Å². The molecule has 5 rings (SSSR count). The van der Waals surface area contributed by atoms with Crippen molar-refractivity contribution in [3.63, 3.8) is 0 Å². The van der Waals surface area contributed by atoms with Gasteiger partial charge in [0, 0.05) is 18.5 Å². The van der Waals surface area contributed by atoms with Gasteiger partial charge in [0.15, 0.2) is 0 Å². The van der Waals surface area contributed by atoms with E-state index in [4.69, 9.17) is 14.0 Å². The van der Waals surface area contributed by atoms with E-state index in [0.29, 0.717) is 43.6 Å². The highest BCUT2D eigenvalue weighted by molar-refractivity contribution is 5.97. The Labute approximate surface area is 197 Å². The van der Waals surface area contributed by atoms with E-state index in [2.05, 4.69) is 10.1 Å². The molecule has 7 heteroatoms. The van der Waals surface area contributed by atoms with Crippen LogP contribution < -0.4 is 14.4 Å². The van der Waals surface area contributed by atoms with Gasteiger partial charge in [-0.2, -0.15) is 4.98 Å². The minimum atomic E-state index is -0.170. The Bertz CT molecular complexity index is 1250. The van der Waals surface area contributed by atoms with Crippen LogP contribution in [0.4, 0.5) is 5.69 Å². The summed E-state index contributed by atoms with van der Waals surface area (Å²) in [5.41, 5.74) is 2.70. The standard InChI is InChI=1S/C27H25N3O4/c1-2-32-24-11-7-6-10-23(24)30-17-21(16-25(30)31)27-28-26(29-34-27)20-12-14-22(15-13-20)33-18-19-8-4-3-5-9-19/h3-15,21H,2,16-18H2,1H3. The van der Waals surface area contributed by atoms with Gasteiger partial charge in [-0.15, -0.1) is 0 Å². The van der Waals surface area contributed by atoms with E-state index in [1.165, 1.54) is 0 Å². The number of hydrogen-bond acceptors (Lipinski definition) is 6. The molecule has 0 radical (unpaired) electrons. The molecule has 172 valence electrons. The lowest BCUT2D eigenvalue weighted by Gasteiger charge is -2.19. The van der Waals surface area contributed by atoms with E-state index >= 15 is 0 Å². The van der Waals surface area contributed by atoms with E-state index < -0.39 is 0 Å². The van der Waals surface area contributed by atoms with Crippen LogP contribution in [0.2, 0.25) is 0 Å². The Morgan fingerprint density at radius 2 is 1.74 bits per heavy atom. The summed E-state index contributed by atoms with van der Waals surface area (Å²) < 4.78 is 17.1. The smallest absolute Gasteiger partial charge is 0.232 e. The molecule has 2 heterocycles. The third-order valence-electron chi connectivity index (χ3n) is 5.73. The van der Waals surface area contributed by atoms with E-state index in [-0.39, 0.29) is 11.8 Å². The van der Waals surface area contributed by atoms with Crippen LogP contribution in [0.1, 0.15) is 30.7 Å². The molecule has 3 aromatic carbocycles. The van der Waals surface area contributed by atoms with Crippen molar-refractivity contribution in [3.05, 3.63) is 90.3 Å². The van der Waals surface area contributed by atoms with Crippen LogP contribution in [0.15, 0.2) is 83.4 Å². The highest BCUT2D eigenvalue weighted by Gasteiger charge is 2.36. The van der Waals surface area contributed by atoms with Crippen molar-refractivity contribution < 1.29 is 18.8 Å². The lowest BCUT2D eigenvalue weighted by molar-refractivity contribution is -0.117. The summed E-state index contributed by atoms with van der Waals surface area (Å²) in [5.74, 6) is 2.25. The largest absolute Gasteiger partial charge is 0.492 e. The number of para-hydroxylation sites is 2. The van der Waals surface area contributed by atoms with E-state index in [1.54, 1.807) is 4.90 Å². The molecule has 1 saturated heterocycles. The first kappa shape index (κ1) is 21.7. The van der Waals surface area contributed by atoms with Crippen LogP contribution in [0.25, 0.3) is 11.4 Å². The normalized spacial score (nSPS) is 15.5. The molecule has 4 aromatic rings. The summed E-state index contributed by atoms with van der Waals surface area (Å²) in [7, 11) is 0. The van der Waals surface area contributed by atoms with Gasteiger partial charge >= 0.3 is 0 Å². The maximum atomic E-state index is 12.8. The van der Waals surface area contributed by atoms with E-state index in [9.17, 15) is 4.79 Å². The fraction of sp³-hybridized carbons (Fsp3) is 0.222. The van der Waals surface area contributed by atoms with Crippen molar-refractivity contribution >= 4 is 11.6 Å². The molecule has 34 heavy (non-hydrogen) atoms. The van der Waals surface area contributed by atoms with E-state index in [0.717, 1.165) is 22.6 Å². The predicted octanol–water partition coefficient (Wildman–Crippen LogP) is 5.23. The van der Waals surface area contributed by atoms with Crippen LogP contribution in [-0.4, -0.2) is 29.2 Å². The number of amides is 1. The fourth-order valence-corrected chi connectivity index (χ4v) is 4.02. The number of anilines is 1. The minimum absolute atomic E-state index is 0.0109. The molecular formula is C27H25N3O4. The SMILES string of the molecule is CCOc1ccccc1N1CC(c2nc(-c3ccc(OCc4ccccc4)cc3)no2)CC1=O. The minimum Gasteiger partial charge on any atom is -0.492 e. The summed E-state index contributed by atoms with van der Waals surface area (Å²) in [5, 5.41) is 4.14. The van der Waals surface area contributed by atoms with Gasteiger partial charge in [-0.1, -0.05) is 47.6 Å². The van der Waals surface area contributed by atoms with Crippen molar-refractivity contribution in [1.29, 1.82) is 0 Å². The fourth-order valence-electron chi connectivity index (χ4n) is 4.02. The molecule has 1 atom stereocenters. The average Bonchev–Trinajstić information content (AvgIpc) is 3.51. The summed E-state index contributed by atoms with van der Waals surface area (Å²) >= 11 is 0. The van der Waals surface area contributed by atoms with Gasteiger partial charge in [-0.25, -0.2) is 0 Å². The highest BCUT2D eigenvalue weighted by Crippen LogP contribution is 2.36. The molecule has 0 bridgehead atoms. The molecule has 0 saturated carbocycles. The van der Waals surface area contributed by atoms with Crippen molar-refractivity contribution in [3.8, 4) is 22.9 Å². The molecule has 0 N–H and O–H groups in total. The van der Waals surface area contributed by atoms with Gasteiger partial charge in [-0.05, 0) is 48.9 Å². The zero-order valence-electron chi connectivity index (χ0n) is 18.9. The average molecular weight is 456 g/mol. The van der Waals surface area contributed by atoms with Gasteiger partial charge in [0.25, 0.3) is 0 Å². The van der Waals surface area contributed by atoms with Crippen LogP contribution in [0.5, 0.6) is 11.5 Å². The van der Waals surface area contributed by atoms with Crippen LogP contribution in [-0.2, 0) is 11.4 Å². The first-order valence-corrected chi connectivity index (χ1v) is 11.3. The number of ether oxygens (including phenoxy) is 2. The summed E-state index contributed by atoms with van der Waals surface area (Å²) in [6.45, 7) is 3.43. The third kappa shape index (κ3) is 4.64. The summed E-state index contributed by atoms with van der Waals surface area (Å²) in [6.07, 6.45) is 0.314. The molecule has 1 amide bonds. The molecule has 1 aliphatic heterocycles. The maximum Gasteiger partial charge on any atom is 0.232 e.